The molecule has 0 spiro atoms. The van der Waals surface area contributed by atoms with Crippen LogP contribution in [0.25, 0.3) is 11.3 Å². The number of fused-ring (bicyclic) bond motifs is 2. The molecule has 2 unspecified atom stereocenters. The van der Waals surface area contributed by atoms with Gasteiger partial charge < -0.3 is 34.1 Å². The number of aromatic nitrogens is 2. The fraction of sp³-hybridized carbons (Fsp3) is 0.370. The SMILES string of the molecule is COc1ccc(COc2cc(N3CCOCC3)cc(-c3cccc4c3Sc3ccc(NC(CC5CCCN5C(=O)OC(C)(C)C)c5ccc(C)cn5)cc3S4)n2)cc1. The average Bonchev–Trinajstić information content (AvgIpc) is 3.70. The normalized spacial score (nSPS) is 16.9. The number of carbonyl (C=O) groups is 1. The summed E-state index contributed by atoms with van der Waals surface area (Å²) in [6.07, 6.45) is 4.28. The molecule has 3 aliphatic heterocycles. The number of amides is 1. The Kier molecular flexibility index (Phi) is 12.1. The van der Waals surface area contributed by atoms with E-state index in [-0.39, 0.29) is 18.2 Å². The Hall–Kier alpha value is -4.91. The fourth-order valence-electron chi connectivity index (χ4n) is 7.53. The van der Waals surface area contributed by atoms with E-state index in [0.717, 1.165) is 77.6 Å². The third kappa shape index (κ3) is 9.51. The maximum atomic E-state index is 13.2. The van der Waals surface area contributed by atoms with Gasteiger partial charge in [0.1, 0.15) is 18.0 Å². The second-order valence-electron chi connectivity index (χ2n) is 15.9. The van der Waals surface area contributed by atoms with Crippen molar-refractivity contribution in [2.24, 2.45) is 0 Å². The summed E-state index contributed by atoms with van der Waals surface area (Å²) in [6.45, 7) is 11.9. The number of hydrogen-bond donors (Lipinski definition) is 1. The third-order valence-corrected chi connectivity index (χ3v) is 13.1. The molecule has 58 heavy (non-hydrogen) atoms. The number of aryl methyl sites for hydroxylation is 1. The predicted octanol–water partition coefficient (Wildman–Crippen LogP) is 10.4. The van der Waals surface area contributed by atoms with Gasteiger partial charge in [-0.25, -0.2) is 9.78 Å². The summed E-state index contributed by atoms with van der Waals surface area (Å²) < 4.78 is 23.2. The molecular formula is C46H51N5O5S2. The molecule has 3 aromatic carbocycles. The standard InChI is InChI=1S/C46H51N5O5S2/c1-30-11-17-37(47-28-30)39(25-33-8-7-19-51(33)45(52)56-46(2,3)4)48-32-14-18-40-42(24-32)57-41-10-6-9-36(44(41)58-40)38-26-34(50-20-22-54-23-21-50)27-43(49-38)55-29-31-12-15-35(53-5)16-13-31/h6,9-18,24,26-28,33,39,48H,7-8,19-23,25,29H2,1-5H3. The van der Waals surface area contributed by atoms with Gasteiger partial charge in [0, 0.05) is 74.5 Å². The van der Waals surface area contributed by atoms with Crippen LogP contribution >= 0.6 is 23.5 Å². The van der Waals surface area contributed by atoms with Gasteiger partial charge in [0.25, 0.3) is 0 Å². The van der Waals surface area contributed by atoms with Crippen molar-refractivity contribution in [1.29, 1.82) is 0 Å². The molecule has 0 saturated carbocycles. The topological polar surface area (TPSA) is 98.3 Å². The number of nitrogens with zero attached hydrogens (tertiary/aromatic N) is 4. The van der Waals surface area contributed by atoms with Gasteiger partial charge >= 0.3 is 6.09 Å². The quantitative estimate of drug-likeness (QED) is 0.135. The van der Waals surface area contributed by atoms with Crippen LogP contribution in [0.1, 0.15) is 62.9 Å². The minimum atomic E-state index is -0.544. The molecule has 302 valence electrons. The number of nitrogens with one attached hydrogen (secondary N) is 1. The summed E-state index contributed by atoms with van der Waals surface area (Å²) in [5, 5.41) is 3.83. The van der Waals surface area contributed by atoms with Crippen molar-refractivity contribution in [3.05, 3.63) is 108 Å². The van der Waals surface area contributed by atoms with E-state index in [1.165, 1.54) is 19.6 Å². The number of methoxy groups -OCH3 is 1. The molecule has 1 N–H and O–H groups in total. The van der Waals surface area contributed by atoms with Gasteiger partial charge in [0.05, 0.1) is 37.8 Å². The second-order valence-corrected chi connectivity index (χ2v) is 18.1. The van der Waals surface area contributed by atoms with Crippen molar-refractivity contribution >= 4 is 41.0 Å². The first kappa shape index (κ1) is 39.9. The lowest BCUT2D eigenvalue weighted by Gasteiger charge is -2.31. The summed E-state index contributed by atoms with van der Waals surface area (Å²) in [5.41, 5.74) is 6.60. The van der Waals surface area contributed by atoms with Gasteiger partial charge in [-0.2, -0.15) is 0 Å². The lowest BCUT2D eigenvalue weighted by atomic mass is 10.0. The molecule has 10 nitrogen and oxygen atoms in total. The van der Waals surface area contributed by atoms with E-state index in [2.05, 4.69) is 71.7 Å². The number of benzene rings is 3. The molecule has 2 fully saturated rings. The molecule has 0 aliphatic carbocycles. The third-order valence-electron chi connectivity index (χ3n) is 10.5. The van der Waals surface area contributed by atoms with Gasteiger partial charge in [0.2, 0.25) is 5.88 Å². The summed E-state index contributed by atoms with van der Waals surface area (Å²) in [5.74, 6) is 1.40. The van der Waals surface area contributed by atoms with Crippen molar-refractivity contribution in [2.45, 2.75) is 90.8 Å². The summed E-state index contributed by atoms with van der Waals surface area (Å²) in [7, 11) is 1.67. The van der Waals surface area contributed by atoms with E-state index in [9.17, 15) is 4.79 Å². The Balaban J connectivity index is 1.04. The largest absolute Gasteiger partial charge is 0.497 e. The number of morpholine rings is 1. The molecule has 0 radical (unpaired) electrons. The van der Waals surface area contributed by atoms with Crippen molar-refractivity contribution in [2.75, 3.05) is 50.2 Å². The first-order valence-electron chi connectivity index (χ1n) is 20.0. The van der Waals surface area contributed by atoms with Crippen LogP contribution in [0.3, 0.4) is 0 Å². The molecule has 5 heterocycles. The summed E-state index contributed by atoms with van der Waals surface area (Å²) in [4.78, 5) is 32.1. The molecule has 1 amide bonds. The van der Waals surface area contributed by atoms with Gasteiger partial charge in [-0.05, 0) is 107 Å². The van der Waals surface area contributed by atoms with Crippen LogP contribution < -0.4 is 19.7 Å². The molecule has 2 atom stereocenters. The van der Waals surface area contributed by atoms with Crippen LogP contribution in [0.4, 0.5) is 16.2 Å². The van der Waals surface area contributed by atoms with Gasteiger partial charge in [-0.3, -0.25) is 4.98 Å². The number of carbonyl (C=O) groups excluding carboxylic acids is 1. The van der Waals surface area contributed by atoms with Crippen LogP contribution in [0.5, 0.6) is 11.6 Å². The molecule has 3 aliphatic rings. The number of rotatable bonds is 11. The first-order valence-corrected chi connectivity index (χ1v) is 21.6. The number of pyridine rings is 2. The minimum Gasteiger partial charge on any atom is -0.497 e. The molecule has 8 rings (SSSR count). The average molecular weight is 818 g/mol. The van der Waals surface area contributed by atoms with Crippen molar-refractivity contribution < 1.29 is 23.7 Å². The van der Waals surface area contributed by atoms with Crippen LogP contribution in [-0.2, 0) is 16.1 Å². The number of likely N-dealkylation sites (tertiary alicyclic amines) is 1. The van der Waals surface area contributed by atoms with Crippen LogP contribution in [0, 0.1) is 6.92 Å². The van der Waals surface area contributed by atoms with Crippen molar-refractivity contribution in [3.8, 4) is 22.9 Å². The van der Waals surface area contributed by atoms with E-state index < -0.39 is 5.60 Å². The van der Waals surface area contributed by atoms with E-state index in [1.807, 2.05) is 62.2 Å². The lowest BCUT2D eigenvalue weighted by Crippen LogP contribution is -2.40. The predicted molar refractivity (Wildman–Crippen MR) is 231 cm³/mol. The Morgan fingerprint density at radius 2 is 1.78 bits per heavy atom. The molecular weight excluding hydrogens is 767 g/mol. The Bertz CT molecular complexity index is 2220. The highest BCUT2D eigenvalue weighted by Crippen LogP contribution is 2.52. The van der Waals surface area contributed by atoms with Crippen molar-refractivity contribution in [1.82, 2.24) is 14.9 Å². The zero-order valence-electron chi connectivity index (χ0n) is 33.8. The van der Waals surface area contributed by atoms with Gasteiger partial charge in [-0.15, -0.1) is 0 Å². The smallest absolute Gasteiger partial charge is 0.410 e. The highest BCUT2D eigenvalue weighted by Gasteiger charge is 2.34. The zero-order chi connectivity index (χ0) is 40.2. The summed E-state index contributed by atoms with van der Waals surface area (Å²) >= 11 is 3.56. The monoisotopic (exact) mass is 817 g/mol. The van der Waals surface area contributed by atoms with Crippen LogP contribution in [0.2, 0.25) is 0 Å². The Labute approximate surface area is 350 Å². The van der Waals surface area contributed by atoms with Crippen LogP contribution in [0.15, 0.2) is 111 Å². The maximum Gasteiger partial charge on any atom is 0.410 e. The van der Waals surface area contributed by atoms with Crippen molar-refractivity contribution in [3.63, 3.8) is 0 Å². The maximum absolute atomic E-state index is 13.2. The number of ether oxygens (including phenoxy) is 4. The highest BCUT2D eigenvalue weighted by molar-refractivity contribution is 8.05. The van der Waals surface area contributed by atoms with E-state index in [1.54, 1.807) is 30.6 Å². The molecule has 2 aromatic heterocycles. The Morgan fingerprint density at radius 1 is 0.948 bits per heavy atom. The number of hydrogen-bond acceptors (Lipinski definition) is 11. The number of anilines is 2. The molecule has 12 heteroatoms. The highest BCUT2D eigenvalue weighted by atomic mass is 32.2. The first-order chi connectivity index (χ1) is 28.1. The zero-order valence-corrected chi connectivity index (χ0v) is 35.5. The van der Waals surface area contributed by atoms with E-state index >= 15 is 0 Å². The van der Waals surface area contributed by atoms with E-state index in [0.29, 0.717) is 32.2 Å². The van der Waals surface area contributed by atoms with Gasteiger partial charge in [0.15, 0.2) is 0 Å². The van der Waals surface area contributed by atoms with E-state index in [4.69, 9.17) is 28.9 Å². The fourth-order valence-corrected chi connectivity index (χ4v) is 9.94. The second kappa shape index (κ2) is 17.5. The lowest BCUT2D eigenvalue weighted by molar-refractivity contribution is 0.0216. The molecule has 2 saturated heterocycles. The Morgan fingerprint density at radius 3 is 2.53 bits per heavy atom. The molecule has 0 bridgehead atoms. The summed E-state index contributed by atoms with van der Waals surface area (Å²) in [6, 6.07) is 29.4. The molecule has 5 aromatic rings. The minimum absolute atomic E-state index is 0.0482. The van der Waals surface area contributed by atoms with Crippen LogP contribution in [-0.4, -0.2) is 72.6 Å². The van der Waals surface area contributed by atoms with Gasteiger partial charge in [-0.1, -0.05) is 53.9 Å².